The molecule has 0 fully saturated rings. The fourth-order valence-corrected chi connectivity index (χ4v) is 3.60. The molecule has 11 heteroatoms. The molecule has 0 spiro atoms. The molecule has 0 unspecified atom stereocenters. The van der Waals surface area contributed by atoms with E-state index in [4.69, 9.17) is 23.2 Å². The fraction of sp³-hybridized carbons (Fsp3) is 0.133. The van der Waals surface area contributed by atoms with E-state index in [1.54, 1.807) is 18.5 Å². The lowest BCUT2D eigenvalue weighted by atomic mass is 10.3. The summed E-state index contributed by atoms with van der Waals surface area (Å²) in [5.74, 6) is 0.457. The van der Waals surface area contributed by atoms with E-state index in [1.807, 2.05) is 6.92 Å². The van der Waals surface area contributed by atoms with E-state index in [0.717, 1.165) is 5.69 Å². The van der Waals surface area contributed by atoms with E-state index in [1.165, 1.54) is 32.8 Å². The lowest BCUT2D eigenvalue weighted by Gasteiger charge is -2.02. The van der Waals surface area contributed by atoms with E-state index < -0.39 is 0 Å². The molecule has 8 nitrogen and oxygen atoms in total. The summed E-state index contributed by atoms with van der Waals surface area (Å²) in [7, 11) is 0. The molecular formula is C15H11Cl2N7OS. The molecule has 4 aromatic heterocycles. The van der Waals surface area contributed by atoms with Gasteiger partial charge in [0.25, 0.3) is 5.56 Å². The Kier molecular flexibility index (Phi) is 4.35. The highest BCUT2D eigenvalue weighted by molar-refractivity contribution is 7.20. The van der Waals surface area contributed by atoms with Gasteiger partial charge in [0.1, 0.15) is 0 Å². The molecule has 132 valence electrons. The zero-order valence-electron chi connectivity index (χ0n) is 13.3. The van der Waals surface area contributed by atoms with Crippen molar-refractivity contribution in [2.24, 2.45) is 0 Å². The number of rotatable bonds is 4. The molecule has 4 aromatic rings. The maximum Gasteiger partial charge on any atom is 0.275 e. The van der Waals surface area contributed by atoms with E-state index in [-0.39, 0.29) is 5.56 Å². The van der Waals surface area contributed by atoms with Crippen LogP contribution in [0.3, 0.4) is 0 Å². The molecule has 26 heavy (non-hydrogen) atoms. The van der Waals surface area contributed by atoms with E-state index in [9.17, 15) is 4.79 Å². The smallest absolute Gasteiger partial charge is 0.275 e. The van der Waals surface area contributed by atoms with Gasteiger partial charge in [0.2, 0.25) is 10.1 Å². The van der Waals surface area contributed by atoms with Gasteiger partial charge >= 0.3 is 0 Å². The monoisotopic (exact) mass is 407 g/mol. The van der Waals surface area contributed by atoms with Crippen molar-refractivity contribution < 1.29 is 0 Å². The largest absolute Gasteiger partial charge is 0.327 e. The summed E-state index contributed by atoms with van der Waals surface area (Å²) >= 11 is 13.3. The maximum absolute atomic E-state index is 12.1. The molecule has 0 saturated heterocycles. The van der Waals surface area contributed by atoms with Gasteiger partial charge in [-0.2, -0.15) is 9.61 Å². The van der Waals surface area contributed by atoms with Gasteiger partial charge in [-0.3, -0.25) is 4.79 Å². The molecule has 0 aromatic carbocycles. The number of hydrogen-bond acceptors (Lipinski definition) is 7. The fourth-order valence-electron chi connectivity index (χ4n) is 2.29. The minimum Gasteiger partial charge on any atom is -0.327 e. The summed E-state index contributed by atoms with van der Waals surface area (Å²) in [6.45, 7) is 1.95. The molecule has 0 bridgehead atoms. The van der Waals surface area contributed by atoms with E-state index >= 15 is 0 Å². The third-order valence-corrected chi connectivity index (χ3v) is 4.81. The van der Waals surface area contributed by atoms with Crippen LogP contribution in [-0.4, -0.2) is 29.4 Å². The standard InChI is InChI=1S/C15H11Cl2N7OS/c1-2-9-4-12(25)24-15(21-9)26-14(22-24)20-10-6-19-23(7-10)13-11(17)3-8(16)5-18-13/h3-7H,2H2,1H3,(H,20,22). The van der Waals surface area contributed by atoms with Gasteiger partial charge < -0.3 is 5.32 Å². The Morgan fingerprint density at radius 3 is 2.88 bits per heavy atom. The number of nitrogens with zero attached hydrogens (tertiary/aromatic N) is 6. The molecular weight excluding hydrogens is 397 g/mol. The molecule has 0 aliphatic heterocycles. The van der Waals surface area contributed by atoms with Crippen molar-refractivity contribution in [1.82, 2.24) is 29.4 Å². The molecule has 4 heterocycles. The number of halogens is 2. The number of fused-ring (bicyclic) bond motifs is 1. The van der Waals surface area contributed by atoms with Crippen LogP contribution in [0.5, 0.6) is 0 Å². The van der Waals surface area contributed by atoms with Crippen molar-refractivity contribution in [3.63, 3.8) is 0 Å². The summed E-state index contributed by atoms with van der Waals surface area (Å²) in [5, 5.41) is 12.9. The second-order valence-corrected chi connectivity index (χ2v) is 7.10. The Labute approximate surface area is 161 Å². The number of hydrogen-bond donors (Lipinski definition) is 1. The predicted octanol–water partition coefficient (Wildman–Crippen LogP) is 3.34. The van der Waals surface area contributed by atoms with Crippen LogP contribution in [0.1, 0.15) is 12.6 Å². The average Bonchev–Trinajstić information content (AvgIpc) is 3.22. The van der Waals surface area contributed by atoms with Gasteiger partial charge in [-0.1, -0.05) is 41.5 Å². The lowest BCUT2D eigenvalue weighted by molar-refractivity contribution is 0.847. The van der Waals surface area contributed by atoms with Gasteiger partial charge in [0.15, 0.2) is 5.82 Å². The summed E-state index contributed by atoms with van der Waals surface area (Å²) in [4.78, 5) is 21.2. The molecule has 1 N–H and O–H groups in total. The van der Waals surface area contributed by atoms with Crippen LogP contribution in [0.4, 0.5) is 10.8 Å². The lowest BCUT2D eigenvalue weighted by Crippen LogP contribution is -2.15. The molecule has 0 radical (unpaired) electrons. The topological polar surface area (TPSA) is 90.0 Å². The molecule has 0 saturated carbocycles. The first-order valence-electron chi connectivity index (χ1n) is 7.56. The van der Waals surface area contributed by atoms with Crippen molar-refractivity contribution in [3.05, 3.63) is 56.8 Å². The first kappa shape index (κ1) is 17.0. The van der Waals surface area contributed by atoms with Crippen LogP contribution in [-0.2, 0) is 6.42 Å². The quantitative estimate of drug-likeness (QED) is 0.557. The van der Waals surface area contributed by atoms with Crippen molar-refractivity contribution in [1.29, 1.82) is 0 Å². The number of anilines is 2. The van der Waals surface area contributed by atoms with Crippen molar-refractivity contribution in [3.8, 4) is 5.82 Å². The Balaban J connectivity index is 1.64. The number of pyridine rings is 1. The van der Waals surface area contributed by atoms with Crippen molar-refractivity contribution >= 4 is 50.3 Å². The zero-order chi connectivity index (χ0) is 18.3. The summed E-state index contributed by atoms with van der Waals surface area (Å²) in [6, 6.07) is 3.08. The molecule has 0 aliphatic rings. The SMILES string of the molecule is CCc1cc(=O)n2nc(Nc3cnn(-c4ncc(Cl)cc4Cl)c3)sc2n1. The first-order chi connectivity index (χ1) is 12.5. The third-order valence-electron chi connectivity index (χ3n) is 3.50. The van der Waals surface area contributed by atoms with Crippen LogP contribution < -0.4 is 10.9 Å². The number of nitrogens with one attached hydrogen (secondary N) is 1. The minimum atomic E-state index is -0.205. The Hall–Kier alpha value is -2.49. The van der Waals surface area contributed by atoms with Gasteiger partial charge in [0, 0.05) is 18.0 Å². The second-order valence-electron chi connectivity index (χ2n) is 5.30. The second kappa shape index (κ2) is 6.67. The van der Waals surface area contributed by atoms with E-state index in [0.29, 0.717) is 38.1 Å². The maximum atomic E-state index is 12.1. The van der Waals surface area contributed by atoms with Crippen LogP contribution in [0.25, 0.3) is 10.8 Å². The Morgan fingerprint density at radius 2 is 2.12 bits per heavy atom. The molecule has 0 amide bonds. The highest BCUT2D eigenvalue weighted by Crippen LogP contribution is 2.25. The van der Waals surface area contributed by atoms with Gasteiger partial charge in [-0.15, -0.1) is 5.10 Å². The highest BCUT2D eigenvalue weighted by atomic mass is 35.5. The van der Waals surface area contributed by atoms with Crippen LogP contribution in [0.2, 0.25) is 10.0 Å². The summed E-state index contributed by atoms with van der Waals surface area (Å²) in [6.07, 6.45) is 5.50. The molecule has 4 rings (SSSR count). The predicted molar refractivity (Wildman–Crippen MR) is 101 cm³/mol. The summed E-state index contributed by atoms with van der Waals surface area (Å²) < 4.78 is 2.79. The van der Waals surface area contributed by atoms with Gasteiger partial charge in [-0.05, 0) is 12.5 Å². The van der Waals surface area contributed by atoms with Crippen LogP contribution in [0, 0.1) is 0 Å². The third kappa shape index (κ3) is 3.16. The van der Waals surface area contributed by atoms with Gasteiger partial charge in [0.05, 0.1) is 28.1 Å². The van der Waals surface area contributed by atoms with Gasteiger partial charge in [-0.25, -0.2) is 14.6 Å². The Bertz CT molecular complexity index is 1170. The van der Waals surface area contributed by atoms with Crippen LogP contribution >= 0.6 is 34.5 Å². The van der Waals surface area contributed by atoms with Crippen molar-refractivity contribution in [2.45, 2.75) is 13.3 Å². The normalized spacial score (nSPS) is 11.2. The van der Waals surface area contributed by atoms with Crippen molar-refractivity contribution in [2.75, 3.05) is 5.32 Å². The number of aromatic nitrogens is 6. The van der Waals surface area contributed by atoms with E-state index in [2.05, 4.69) is 25.5 Å². The Morgan fingerprint density at radius 1 is 1.27 bits per heavy atom. The first-order valence-corrected chi connectivity index (χ1v) is 9.13. The van der Waals surface area contributed by atoms with Crippen LogP contribution in [0.15, 0.2) is 35.5 Å². The minimum absolute atomic E-state index is 0.205. The zero-order valence-corrected chi connectivity index (χ0v) is 15.7. The molecule has 0 atom stereocenters. The average molecular weight is 408 g/mol. The summed E-state index contributed by atoms with van der Waals surface area (Å²) in [5.41, 5.74) is 1.20. The molecule has 0 aliphatic carbocycles. The highest BCUT2D eigenvalue weighted by Gasteiger charge is 2.11. The number of aryl methyl sites for hydroxylation is 1.